The average Bonchev–Trinajstić information content (AvgIpc) is 2.40. The second-order valence-corrected chi connectivity index (χ2v) is 5.14. The summed E-state index contributed by atoms with van der Waals surface area (Å²) in [5.74, 6) is 0.494. The third kappa shape index (κ3) is 4.48. The SMILES string of the molecule is C[C@@H]1CN(CCCOc2ccc(F)cc2)[C@H](C)CO1. The molecule has 0 amide bonds. The summed E-state index contributed by atoms with van der Waals surface area (Å²) in [5.41, 5.74) is 0. The molecule has 19 heavy (non-hydrogen) atoms. The highest BCUT2D eigenvalue weighted by Gasteiger charge is 2.22. The van der Waals surface area contributed by atoms with E-state index in [0.717, 1.165) is 31.9 Å². The Hall–Kier alpha value is -1.13. The maximum absolute atomic E-state index is 12.7. The van der Waals surface area contributed by atoms with Gasteiger partial charge in [-0.25, -0.2) is 4.39 Å². The van der Waals surface area contributed by atoms with Crippen LogP contribution in [-0.2, 0) is 4.74 Å². The standard InChI is InChI=1S/C15H22FNO2/c1-12-11-19-13(2)10-17(12)8-3-9-18-15-6-4-14(16)5-7-15/h4-7,12-13H,3,8-11H2,1-2H3/t12-,13-/m1/s1. The van der Waals surface area contributed by atoms with E-state index >= 15 is 0 Å². The number of hydrogen-bond donors (Lipinski definition) is 0. The number of halogens is 1. The molecule has 4 heteroatoms. The van der Waals surface area contributed by atoms with E-state index < -0.39 is 0 Å². The van der Waals surface area contributed by atoms with Gasteiger partial charge in [0.05, 0.1) is 19.3 Å². The summed E-state index contributed by atoms with van der Waals surface area (Å²) in [5, 5.41) is 0. The van der Waals surface area contributed by atoms with E-state index in [9.17, 15) is 4.39 Å². The highest BCUT2D eigenvalue weighted by atomic mass is 19.1. The number of rotatable bonds is 5. The van der Waals surface area contributed by atoms with Crippen molar-refractivity contribution in [1.82, 2.24) is 4.90 Å². The quantitative estimate of drug-likeness (QED) is 0.766. The van der Waals surface area contributed by atoms with Gasteiger partial charge in [-0.15, -0.1) is 0 Å². The van der Waals surface area contributed by atoms with Gasteiger partial charge < -0.3 is 9.47 Å². The van der Waals surface area contributed by atoms with Gasteiger partial charge in [-0.3, -0.25) is 4.90 Å². The number of benzene rings is 1. The molecule has 1 aliphatic heterocycles. The largest absolute Gasteiger partial charge is 0.494 e. The lowest BCUT2D eigenvalue weighted by Crippen LogP contribution is -2.47. The van der Waals surface area contributed by atoms with E-state index in [0.29, 0.717) is 18.8 Å². The van der Waals surface area contributed by atoms with Gasteiger partial charge in [-0.2, -0.15) is 0 Å². The Bertz CT molecular complexity index is 382. The van der Waals surface area contributed by atoms with Crippen LogP contribution < -0.4 is 4.74 Å². The highest BCUT2D eigenvalue weighted by molar-refractivity contribution is 5.21. The van der Waals surface area contributed by atoms with E-state index in [1.165, 1.54) is 12.1 Å². The van der Waals surface area contributed by atoms with Crippen molar-refractivity contribution in [2.45, 2.75) is 32.4 Å². The van der Waals surface area contributed by atoms with Crippen molar-refractivity contribution in [3.8, 4) is 5.75 Å². The number of hydrogen-bond acceptors (Lipinski definition) is 3. The van der Waals surface area contributed by atoms with Gasteiger partial charge in [0.25, 0.3) is 0 Å². The van der Waals surface area contributed by atoms with Crippen LogP contribution in [0, 0.1) is 5.82 Å². The van der Waals surface area contributed by atoms with Crippen LogP contribution in [0.3, 0.4) is 0 Å². The summed E-state index contributed by atoms with van der Waals surface area (Å²) < 4.78 is 23.9. The molecule has 3 nitrogen and oxygen atoms in total. The molecule has 2 rings (SSSR count). The normalized spacial score (nSPS) is 24.4. The maximum atomic E-state index is 12.7. The molecule has 1 heterocycles. The van der Waals surface area contributed by atoms with E-state index in [-0.39, 0.29) is 5.82 Å². The zero-order chi connectivity index (χ0) is 13.7. The summed E-state index contributed by atoms with van der Waals surface area (Å²) in [6, 6.07) is 6.63. The Morgan fingerprint density at radius 3 is 2.79 bits per heavy atom. The molecule has 1 aliphatic rings. The second-order valence-electron chi connectivity index (χ2n) is 5.14. The number of ether oxygens (including phenoxy) is 2. The van der Waals surface area contributed by atoms with Crippen LogP contribution in [0.1, 0.15) is 20.3 Å². The molecule has 0 saturated carbocycles. The minimum atomic E-state index is -0.233. The third-order valence-electron chi connectivity index (χ3n) is 3.41. The van der Waals surface area contributed by atoms with Crippen molar-refractivity contribution in [1.29, 1.82) is 0 Å². The van der Waals surface area contributed by atoms with Crippen LogP contribution in [0.2, 0.25) is 0 Å². The molecule has 1 aromatic rings. The fourth-order valence-corrected chi connectivity index (χ4v) is 2.27. The molecule has 2 atom stereocenters. The Labute approximate surface area is 114 Å². The molecule has 0 spiro atoms. The minimum absolute atomic E-state index is 0.233. The smallest absolute Gasteiger partial charge is 0.123 e. The average molecular weight is 267 g/mol. The lowest BCUT2D eigenvalue weighted by molar-refractivity contribution is -0.0502. The number of morpholine rings is 1. The molecule has 0 unspecified atom stereocenters. The molecule has 0 aromatic heterocycles. The lowest BCUT2D eigenvalue weighted by Gasteiger charge is -2.36. The monoisotopic (exact) mass is 267 g/mol. The Morgan fingerprint density at radius 2 is 2.05 bits per heavy atom. The van der Waals surface area contributed by atoms with Crippen molar-refractivity contribution in [3.63, 3.8) is 0 Å². The van der Waals surface area contributed by atoms with Crippen molar-refractivity contribution in [2.24, 2.45) is 0 Å². The van der Waals surface area contributed by atoms with E-state index in [1.54, 1.807) is 12.1 Å². The first-order chi connectivity index (χ1) is 9.15. The van der Waals surface area contributed by atoms with Gasteiger partial charge in [0, 0.05) is 19.1 Å². The summed E-state index contributed by atoms with van der Waals surface area (Å²) in [6.45, 7) is 7.75. The fourth-order valence-electron chi connectivity index (χ4n) is 2.27. The molecule has 1 aromatic carbocycles. The van der Waals surface area contributed by atoms with E-state index in [1.807, 2.05) is 0 Å². The van der Waals surface area contributed by atoms with Crippen molar-refractivity contribution in [2.75, 3.05) is 26.3 Å². The molecule has 106 valence electrons. The molecular formula is C15H22FNO2. The van der Waals surface area contributed by atoms with Crippen molar-refractivity contribution >= 4 is 0 Å². The first kappa shape index (κ1) is 14.3. The summed E-state index contributed by atoms with van der Waals surface area (Å²) in [7, 11) is 0. The summed E-state index contributed by atoms with van der Waals surface area (Å²) in [4.78, 5) is 2.43. The first-order valence-electron chi connectivity index (χ1n) is 6.89. The second kappa shape index (κ2) is 6.87. The van der Waals surface area contributed by atoms with Crippen molar-refractivity contribution < 1.29 is 13.9 Å². The van der Waals surface area contributed by atoms with Gasteiger partial charge in [0.2, 0.25) is 0 Å². The van der Waals surface area contributed by atoms with Crippen molar-refractivity contribution in [3.05, 3.63) is 30.1 Å². The predicted octanol–water partition coefficient (Wildman–Crippen LogP) is 2.70. The van der Waals surface area contributed by atoms with Crippen LogP contribution in [-0.4, -0.2) is 43.3 Å². The predicted molar refractivity (Wildman–Crippen MR) is 73.0 cm³/mol. The lowest BCUT2D eigenvalue weighted by atomic mass is 10.2. The molecule has 0 radical (unpaired) electrons. The molecular weight excluding hydrogens is 245 g/mol. The van der Waals surface area contributed by atoms with Gasteiger partial charge in [-0.05, 0) is 44.5 Å². The molecule has 1 saturated heterocycles. The summed E-state index contributed by atoms with van der Waals surface area (Å²) in [6.07, 6.45) is 1.28. The fraction of sp³-hybridized carbons (Fsp3) is 0.600. The topological polar surface area (TPSA) is 21.7 Å². The Balaban J connectivity index is 1.67. The Morgan fingerprint density at radius 1 is 1.32 bits per heavy atom. The minimum Gasteiger partial charge on any atom is -0.494 e. The zero-order valence-corrected chi connectivity index (χ0v) is 11.6. The Kier molecular flexibility index (Phi) is 5.16. The van der Waals surface area contributed by atoms with E-state index in [4.69, 9.17) is 9.47 Å². The zero-order valence-electron chi connectivity index (χ0n) is 11.6. The summed E-state index contributed by atoms with van der Waals surface area (Å²) >= 11 is 0. The van der Waals surface area contributed by atoms with Gasteiger partial charge in [0.15, 0.2) is 0 Å². The van der Waals surface area contributed by atoms with Crippen LogP contribution in [0.15, 0.2) is 24.3 Å². The molecule has 0 bridgehead atoms. The molecule has 0 N–H and O–H groups in total. The van der Waals surface area contributed by atoms with Crippen LogP contribution in [0.5, 0.6) is 5.75 Å². The molecule has 1 fully saturated rings. The van der Waals surface area contributed by atoms with Gasteiger partial charge in [-0.1, -0.05) is 0 Å². The third-order valence-corrected chi connectivity index (χ3v) is 3.41. The highest BCUT2D eigenvalue weighted by Crippen LogP contribution is 2.13. The van der Waals surface area contributed by atoms with E-state index in [2.05, 4.69) is 18.7 Å². The number of nitrogens with zero attached hydrogens (tertiary/aromatic N) is 1. The maximum Gasteiger partial charge on any atom is 0.123 e. The van der Waals surface area contributed by atoms with Crippen LogP contribution in [0.4, 0.5) is 4.39 Å². The van der Waals surface area contributed by atoms with Gasteiger partial charge in [0.1, 0.15) is 11.6 Å². The molecule has 0 aliphatic carbocycles. The first-order valence-corrected chi connectivity index (χ1v) is 6.89. The van der Waals surface area contributed by atoms with Crippen LogP contribution >= 0.6 is 0 Å². The van der Waals surface area contributed by atoms with Crippen LogP contribution in [0.25, 0.3) is 0 Å². The van der Waals surface area contributed by atoms with Gasteiger partial charge >= 0.3 is 0 Å².